The van der Waals surface area contributed by atoms with Crippen molar-refractivity contribution < 1.29 is 47.2 Å². The Hall–Kier alpha value is -2.10. The van der Waals surface area contributed by atoms with Gasteiger partial charge in [0.25, 0.3) is 0 Å². The average molecular weight is 399 g/mol. The van der Waals surface area contributed by atoms with Crippen LogP contribution in [0.4, 0.5) is 13.2 Å². The fourth-order valence-corrected chi connectivity index (χ4v) is 3.60. The van der Waals surface area contributed by atoms with Crippen LogP contribution in [0.15, 0.2) is 18.2 Å². The highest BCUT2D eigenvalue weighted by Gasteiger charge is 2.35. The molecule has 0 aromatic heterocycles. The number of rotatable bonds is 9. The standard InChI is InChI=1S/C14H17F3NO7P/c15-14(16,17)9-5-8(1-2-11(9)25-6-12(19)20)7-26(23,24)4-3-10(18)13(21)22/h1-2,5,10H,3-4,6-7,18H2,(H,19,20)(H,21,22)(H,23,24)/t10-/m0/s1. The number of aliphatic carboxylic acids is 2. The van der Waals surface area contributed by atoms with Gasteiger partial charge in [0, 0.05) is 12.3 Å². The van der Waals surface area contributed by atoms with E-state index in [-0.39, 0.29) is 12.0 Å². The molecule has 0 aliphatic carbocycles. The summed E-state index contributed by atoms with van der Waals surface area (Å²) in [6.45, 7) is -0.978. The minimum atomic E-state index is -4.87. The zero-order chi connectivity index (χ0) is 20.1. The topological polar surface area (TPSA) is 147 Å². The molecule has 0 saturated carbocycles. The highest BCUT2D eigenvalue weighted by molar-refractivity contribution is 7.57. The number of hydrogen-bond donors (Lipinski definition) is 4. The molecule has 0 heterocycles. The molecule has 8 nitrogen and oxygen atoms in total. The van der Waals surface area contributed by atoms with Crippen LogP contribution >= 0.6 is 7.37 Å². The van der Waals surface area contributed by atoms with Crippen LogP contribution in [0, 0.1) is 0 Å². The molecule has 0 bridgehead atoms. The Labute approximate surface area is 145 Å². The molecule has 0 aliphatic heterocycles. The maximum atomic E-state index is 13.1. The highest BCUT2D eigenvalue weighted by Crippen LogP contribution is 2.46. The molecular formula is C14H17F3NO7P. The van der Waals surface area contributed by atoms with Crippen molar-refractivity contribution in [2.45, 2.75) is 24.8 Å². The number of carboxylic acid groups (broad SMARTS) is 2. The van der Waals surface area contributed by atoms with Crippen molar-refractivity contribution in [1.29, 1.82) is 0 Å². The minimum absolute atomic E-state index is 0.130. The summed E-state index contributed by atoms with van der Waals surface area (Å²) >= 11 is 0. The van der Waals surface area contributed by atoms with Gasteiger partial charge in [0.2, 0.25) is 7.37 Å². The molecule has 12 heteroatoms. The monoisotopic (exact) mass is 399 g/mol. The molecule has 0 radical (unpaired) electrons. The molecule has 0 aliphatic rings. The van der Waals surface area contributed by atoms with Crippen LogP contribution in [0.5, 0.6) is 5.75 Å². The Kier molecular flexibility index (Phi) is 7.19. The average Bonchev–Trinajstić information content (AvgIpc) is 2.49. The fraction of sp³-hybridized carbons (Fsp3) is 0.429. The lowest BCUT2D eigenvalue weighted by Gasteiger charge is -2.17. The van der Waals surface area contributed by atoms with Gasteiger partial charge in [-0.2, -0.15) is 13.2 Å². The van der Waals surface area contributed by atoms with Gasteiger partial charge < -0.3 is 25.6 Å². The first kappa shape index (κ1) is 21.9. The number of nitrogens with two attached hydrogens (primary N) is 1. The molecule has 0 fully saturated rings. The number of carbonyl (C=O) groups is 2. The molecule has 1 rings (SSSR count). The van der Waals surface area contributed by atoms with Crippen LogP contribution < -0.4 is 10.5 Å². The molecule has 146 valence electrons. The fourth-order valence-electron chi connectivity index (χ4n) is 1.99. The number of ether oxygens (including phenoxy) is 1. The van der Waals surface area contributed by atoms with Crippen LogP contribution in [0.3, 0.4) is 0 Å². The second-order valence-electron chi connectivity index (χ2n) is 5.47. The Balaban J connectivity index is 2.98. The first-order chi connectivity index (χ1) is 11.8. The maximum Gasteiger partial charge on any atom is 0.419 e. The van der Waals surface area contributed by atoms with E-state index in [1.807, 2.05) is 0 Å². The third kappa shape index (κ3) is 7.03. The van der Waals surface area contributed by atoms with Gasteiger partial charge in [-0.25, -0.2) is 4.79 Å². The Morgan fingerprint density at radius 1 is 1.27 bits per heavy atom. The maximum absolute atomic E-state index is 13.1. The molecule has 26 heavy (non-hydrogen) atoms. The van der Waals surface area contributed by atoms with Gasteiger partial charge in [-0.1, -0.05) is 6.07 Å². The summed E-state index contributed by atoms with van der Waals surface area (Å²) in [6.07, 6.45) is -6.27. The molecule has 0 saturated heterocycles. The van der Waals surface area contributed by atoms with Crippen LogP contribution in [0.1, 0.15) is 17.5 Å². The van der Waals surface area contributed by atoms with E-state index in [2.05, 4.69) is 4.74 Å². The van der Waals surface area contributed by atoms with Crippen molar-refractivity contribution in [3.8, 4) is 5.75 Å². The van der Waals surface area contributed by atoms with Gasteiger partial charge in [-0.3, -0.25) is 9.36 Å². The zero-order valence-corrected chi connectivity index (χ0v) is 14.2. The molecule has 5 N–H and O–H groups in total. The van der Waals surface area contributed by atoms with Crippen molar-refractivity contribution in [2.24, 2.45) is 5.73 Å². The largest absolute Gasteiger partial charge is 0.481 e. The first-order valence-corrected chi connectivity index (χ1v) is 9.19. The number of halogens is 3. The summed E-state index contributed by atoms with van der Waals surface area (Å²) in [5.41, 5.74) is 3.82. The Bertz CT molecular complexity index is 723. The summed E-state index contributed by atoms with van der Waals surface area (Å²) < 4.78 is 55.9. The van der Waals surface area contributed by atoms with Crippen molar-refractivity contribution in [3.63, 3.8) is 0 Å². The van der Waals surface area contributed by atoms with Crippen molar-refractivity contribution in [2.75, 3.05) is 12.8 Å². The van der Waals surface area contributed by atoms with E-state index in [0.29, 0.717) is 6.07 Å². The van der Waals surface area contributed by atoms with E-state index in [1.165, 1.54) is 0 Å². The Morgan fingerprint density at radius 3 is 2.38 bits per heavy atom. The summed E-state index contributed by atoms with van der Waals surface area (Å²) in [7, 11) is -3.97. The van der Waals surface area contributed by atoms with E-state index in [4.69, 9.17) is 15.9 Å². The number of hydrogen-bond acceptors (Lipinski definition) is 5. The second kappa shape index (κ2) is 8.52. The lowest BCUT2D eigenvalue weighted by molar-refractivity contribution is -0.143. The quantitative estimate of drug-likeness (QED) is 0.459. The van der Waals surface area contributed by atoms with Crippen molar-refractivity contribution >= 4 is 19.3 Å². The van der Waals surface area contributed by atoms with E-state index in [9.17, 15) is 32.2 Å². The van der Waals surface area contributed by atoms with Crippen molar-refractivity contribution in [1.82, 2.24) is 0 Å². The molecule has 2 atom stereocenters. The summed E-state index contributed by atoms with van der Waals surface area (Å²) in [4.78, 5) is 30.9. The molecule has 0 spiro atoms. The van der Waals surface area contributed by atoms with Gasteiger partial charge in [-0.15, -0.1) is 0 Å². The van der Waals surface area contributed by atoms with E-state index in [0.717, 1.165) is 12.1 Å². The van der Waals surface area contributed by atoms with Crippen LogP contribution in [0.2, 0.25) is 0 Å². The zero-order valence-electron chi connectivity index (χ0n) is 13.3. The minimum Gasteiger partial charge on any atom is -0.481 e. The SMILES string of the molecule is N[C@@H](CCP(=O)(O)Cc1ccc(OCC(=O)O)c(C(F)(F)F)c1)C(=O)O. The van der Waals surface area contributed by atoms with Crippen LogP contribution in [-0.4, -0.2) is 45.9 Å². The normalized spacial score (nSPS) is 15.1. The Morgan fingerprint density at radius 2 is 1.88 bits per heavy atom. The van der Waals surface area contributed by atoms with E-state index >= 15 is 0 Å². The van der Waals surface area contributed by atoms with Crippen LogP contribution in [0.25, 0.3) is 0 Å². The van der Waals surface area contributed by atoms with Gasteiger partial charge >= 0.3 is 18.1 Å². The van der Waals surface area contributed by atoms with Gasteiger partial charge in [0.1, 0.15) is 11.8 Å². The second-order valence-corrected chi connectivity index (χ2v) is 7.93. The lowest BCUT2D eigenvalue weighted by atomic mass is 10.1. The molecule has 0 amide bonds. The van der Waals surface area contributed by atoms with E-state index in [1.54, 1.807) is 0 Å². The number of carboxylic acids is 2. The summed E-state index contributed by atoms with van der Waals surface area (Å²) in [6, 6.07) is 1.21. The molecular weight excluding hydrogens is 382 g/mol. The first-order valence-electron chi connectivity index (χ1n) is 7.16. The number of benzene rings is 1. The summed E-state index contributed by atoms with van der Waals surface area (Å²) in [5, 5.41) is 17.1. The van der Waals surface area contributed by atoms with Crippen LogP contribution in [-0.2, 0) is 26.5 Å². The summed E-state index contributed by atoms with van der Waals surface area (Å²) in [5.74, 6) is -3.54. The van der Waals surface area contributed by atoms with E-state index < -0.39 is 61.8 Å². The highest BCUT2D eigenvalue weighted by atomic mass is 31.2. The van der Waals surface area contributed by atoms with Gasteiger partial charge in [0.15, 0.2) is 6.61 Å². The predicted octanol–water partition coefficient (Wildman–Crippen LogP) is 1.74. The predicted molar refractivity (Wildman–Crippen MR) is 83.2 cm³/mol. The molecule has 1 aromatic carbocycles. The van der Waals surface area contributed by atoms with Crippen molar-refractivity contribution in [3.05, 3.63) is 29.3 Å². The smallest absolute Gasteiger partial charge is 0.419 e. The third-order valence-corrected chi connectivity index (χ3v) is 5.05. The molecule has 1 aromatic rings. The lowest BCUT2D eigenvalue weighted by Crippen LogP contribution is -2.30. The van der Waals surface area contributed by atoms with Gasteiger partial charge in [0.05, 0.1) is 5.56 Å². The number of alkyl halides is 3. The molecule has 1 unspecified atom stereocenters. The third-order valence-electron chi connectivity index (χ3n) is 3.24. The van der Waals surface area contributed by atoms with Gasteiger partial charge in [-0.05, 0) is 24.1 Å².